The van der Waals surface area contributed by atoms with Crippen LogP contribution in [0.3, 0.4) is 0 Å². The number of nitrogens with zero attached hydrogens (tertiary/aromatic N) is 2. The summed E-state index contributed by atoms with van der Waals surface area (Å²) in [4.78, 5) is 2.40. The van der Waals surface area contributed by atoms with Crippen LogP contribution in [0.4, 0.5) is 0 Å². The summed E-state index contributed by atoms with van der Waals surface area (Å²) >= 11 is 0. The van der Waals surface area contributed by atoms with Crippen molar-refractivity contribution in [2.24, 2.45) is 0 Å². The van der Waals surface area contributed by atoms with Crippen molar-refractivity contribution in [1.82, 2.24) is 15.1 Å². The first-order valence-corrected chi connectivity index (χ1v) is 19.6. The number of aromatic amines is 1. The maximum Gasteiger partial charge on any atom is 0.192 e. The molecular formula is C29H51N3O3Si2. The van der Waals surface area contributed by atoms with Gasteiger partial charge in [-0.3, -0.25) is 10.00 Å². The molecule has 6 nitrogen and oxygen atoms in total. The Labute approximate surface area is 227 Å². The van der Waals surface area contributed by atoms with Gasteiger partial charge in [-0.05, 0) is 48.2 Å². The molecule has 1 aromatic carbocycles. The summed E-state index contributed by atoms with van der Waals surface area (Å²) < 4.78 is 13.3. The third-order valence-corrected chi connectivity index (χ3v) is 18.0. The van der Waals surface area contributed by atoms with Crippen LogP contribution in [0.2, 0.25) is 36.3 Å². The van der Waals surface area contributed by atoms with Crippen molar-refractivity contribution in [1.29, 1.82) is 0 Å². The summed E-state index contributed by atoms with van der Waals surface area (Å²) in [7, 11) is -3.75. The van der Waals surface area contributed by atoms with Crippen LogP contribution < -0.4 is 0 Å². The molecule has 0 amide bonds. The third kappa shape index (κ3) is 7.42. The topological polar surface area (TPSA) is 70.6 Å². The minimum atomic E-state index is -1.92. The molecule has 0 radical (unpaired) electrons. The average Bonchev–Trinajstić information content (AvgIpc) is 3.39. The molecule has 8 heteroatoms. The number of likely N-dealkylation sites (tertiary alicyclic amines) is 1. The van der Waals surface area contributed by atoms with E-state index >= 15 is 0 Å². The van der Waals surface area contributed by atoms with E-state index in [4.69, 9.17) is 8.85 Å². The van der Waals surface area contributed by atoms with E-state index in [-0.39, 0.29) is 22.2 Å². The molecule has 3 rings (SSSR count). The Hall–Kier alpha value is -1.30. The fourth-order valence-corrected chi connectivity index (χ4v) is 6.91. The Kier molecular flexibility index (Phi) is 9.35. The highest BCUT2D eigenvalue weighted by Gasteiger charge is 2.44. The number of nitrogens with one attached hydrogen (secondary N) is 1. The first kappa shape index (κ1) is 30.2. The van der Waals surface area contributed by atoms with Crippen LogP contribution in [-0.2, 0) is 21.8 Å². The molecule has 0 spiro atoms. The molecule has 0 aliphatic carbocycles. The molecule has 2 aromatic rings. The average molecular weight is 546 g/mol. The second kappa shape index (κ2) is 11.4. The van der Waals surface area contributed by atoms with Gasteiger partial charge in [0.05, 0.1) is 18.4 Å². The Morgan fingerprint density at radius 2 is 1.65 bits per heavy atom. The molecule has 1 aliphatic heterocycles. The van der Waals surface area contributed by atoms with Gasteiger partial charge in [-0.1, -0.05) is 71.9 Å². The Morgan fingerprint density at radius 3 is 2.24 bits per heavy atom. The van der Waals surface area contributed by atoms with E-state index in [1.54, 1.807) is 6.20 Å². The molecule has 0 bridgehead atoms. The van der Waals surface area contributed by atoms with Crippen molar-refractivity contribution < 1.29 is 14.0 Å². The fourth-order valence-electron chi connectivity index (χ4n) is 4.51. The van der Waals surface area contributed by atoms with Gasteiger partial charge < -0.3 is 14.0 Å². The Bertz CT molecular complexity index is 996. The molecule has 3 atom stereocenters. The Morgan fingerprint density at radius 1 is 1.03 bits per heavy atom. The maximum atomic E-state index is 11.7. The van der Waals surface area contributed by atoms with Gasteiger partial charge in [-0.15, -0.1) is 0 Å². The van der Waals surface area contributed by atoms with E-state index in [1.165, 1.54) is 5.56 Å². The Balaban J connectivity index is 1.77. The molecule has 1 saturated heterocycles. The largest absolute Gasteiger partial charge is 0.416 e. The van der Waals surface area contributed by atoms with Gasteiger partial charge in [-0.25, -0.2) is 0 Å². The number of aromatic nitrogens is 2. The van der Waals surface area contributed by atoms with Gasteiger partial charge in [0, 0.05) is 43.4 Å². The standard InChI is InChI=1S/C29H51N3O3Si2/c1-28(2,3)36(7,8)34-17-16-25-24(19-30-31-25)27(33)26-18-23(35-37(9,10)29(4,5)6)21-32(26)20-22-14-12-11-13-15-22/h11-15,19,23,26-27,33H,16-18,20-21H2,1-10H3,(H,30,31). The van der Waals surface area contributed by atoms with Gasteiger partial charge in [-0.2, -0.15) is 5.10 Å². The summed E-state index contributed by atoms with van der Waals surface area (Å²) in [5.74, 6) is 0. The zero-order valence-corrected chi connectivity index (χ0v) is 26.9. The zero-order chi connectivity index (χ0) is 27.6. The molecule has 1 aromatic heterocycles. The first-order valence-electron chi connectivity index (χ1n) is 13.8. The highest BCUT2D eigenvalue weighted by atomic mass is 28.4. The van der Waals surface area contributed by atoms with E-state index in [2.05, 4.69) is 107 Å². The SMILES string of the molecule is CC(C)(C)[Si](C)(C)OCCc1[nH]ncc1C(O)C1CC(O[Si](C)(C)C(C)(C)C)CN1Cc1ccccc1. The highest BCUT2D eigenvalue weighted by molar-refractivity contribution is 6.74. The molecule has 2 N–H and O–H groups in total. The van der Waals surface area contributed by atoms with Crippen LogP contribution in [0.1, 0.15) is 70.9 Å². The predicted octanol–water partition coefficient (Wildman–Crippen LogP) is 6.67. The van der Waals surface area contributed by atoms with Crippen molar-refractivity contribution in [3.8, 4) is 0 Å². The number of aliphatic hydroxyl groups is 1. The normalized spacial score (nSPS) is 20.9. The minimum Gasteiger partial charge on any atom is -0.416 e. The summed E-state index contributed by atoms with van der Waals surface area (Å²) in [5, 5.41) is 19.5. The number of hydrogen-bond acceptors (Lipinski definition) is 5. The van der Waals surface area contributed by atoms with Gasteiger partial charge >= 0.3 is 0 Å². The van der Waals surface area contributed by atoms with E-state index in [9.17, 15) is 5.11 Å². The van der Waals surface area contributed by atoms with Crippen LogP contribution in [0.5, 0.6) is 0 Å². The number of rotatable bonds is 10. The predicted molar refractivity (Wildman–Crippen MR) is 158 cm³/mol. The van der Waals surface area contributed by atoms with E-state index in [1.807, 2.05) is 6.07 Å². The molecular weight excluding hydrogens is 495 g/mol. The van der Waals surface area contributed by atoms with Crippen LogP contribution in [0.25, 0.3) is 0 Å². The summed E-state index contributed by atoms with van der Waals surface area (Å²) in [6.45, 7) is 25.1. The monoisotopic (exact) mass is 545 g/mol. The van der Waals surface area contributed by atoms with Crippen molar-refractivity contribution in [2.75, 3.05) is 13.2 Å². The van der Waals surface area contributed by atoms with Crippen molar-refractivity contribution in [2.45, 2.75) is 115 Å². The molecule has 2 heterocycles. The van der Waals surface area contributed by atoms with Crippen molar-refractivity contribution in [3.05, 3.63) is 53.3 Å². The zero-order valence-electron chi connectivity index (χ0n) is 24.9. The second-order valence-electron chi connectivity index (χ2n) is 13.8. The smallest absolute Gasteiger partial charge is 0.192 e. The van der Waals surface area contributed by atoms with Crippen molar-refractivity contribution in [3.63, 3.8) is 0 Å². The molecule has 208 valence electrons. The van der Waals surface area contributed by atoms with E-state index < -0.39 is 22.7 Å². The molecule has 1 fully saturated rings. The van der Waals surface area contributed by atoms with Crippen LogP contribution >= 0.6 is 0 Å². The lowest BCUT2D eigenvalue weighted by Gasteiger charge is -2.38. The third-order valence-electron chi connectivity index (χ3n) is 8.96. The minimum absolute atomic E-state index is 0.0346. The number of hydrogen-bond donors (Lipinski definition) is 2. The molecule has 1 aliphatic rings. The van der Waals surface area contributed by atoms with Gasteiger partial charge in [0.15, 0.2) is 16.6 Å². The summed E-state index contributed by atoms with van der Waals surface area (Å²) in [6.07, 6.45) is 2.80. The van der Waals surface area contributed by atoms with E-state index in [0.717, 1.165) is 30.8 Å². The second-order valence-corrected chi connectivity index (χ2v) is 23.4. The summed E-state index contributed by atoms with van der Waals surface area (Å²) in [5.41, 5.74) is 3.11. The number of H-pyrrole nitrogens is 1. The number of benzene rings is 1. The highest BCUT2D eigenvalue weighted by Crippen LogP contribution is 2.41. The van der Waals surface area contributed by atoms with Gasteiger partial charge in [0.2, 0.25) is 0 Å². The lowest BCUT2D eigenvalue weighted by molar-refractivity contribution is 0.0680. The lowest BCUT2D eigenvalue weighted by Crippen LogP contribution is -2.44. The van der Waals surface area contributed by atoms with Crippen LogP contribution in [-0.4, -0.2) is 62.1 Å². The van der Waals surface area contributed by atoms with E-state index in [0.29, 0.717) is 13.0 Å². The number of aliphatic hydroxyl groups excluding tert-OH is 1. The van der Waals surface area contributed by atoms with Crippen molar-refractivity contribution >= 4 is 16.6 Å². The maximum absolute atomic E-state index is 11.7. The van der Waals surface area contributed by atoms with Gasteiger partial charge in [0.25, 0.3) is 0 Å². The van der Waals surface area contributed by atoms with Gasteiger partial charge in [0.1, 0.15) is 0 Å². The first-order chi connectivity index (χ1) is 17.0. The van der Waals surface area contributed by atoms with Crippen LogP contribution in [0.15, 0.2) is 36.5 Å². The molecule has 0 saturated carbocycles. The van der Waals surface area contributed by atoms with Crippen LogP contribution in [0, 0.1) is 0 Å². The quantitative estimate of drug-likeness (QED) is 0.326. The molecule has 3 unspecified atom stereocenters. The molecule has 37 heavy (non-hydrogen) atoms. The lowest BCUT2D eigenvalue weighted by atomic mass is 9.99. The summed E-state index contributed by atoms with van der Waals surface area (Å²) in [6, 6.07) is 10.5. The fraction of sp³-hybridized carbons (Fsp3) is 0.690.